The number of hydrogen-bond acceptors (Lipinski definition) is 3. The molecular formula is C13H20ClNO2. The van der Waals surface area contributed by atoms with Gasteiger partial charge in [-0.3, -0.25) is 0 Å². The van der Waals surface area contributed by atoms with E-state index in [9.17, 15) is 5.11 Å². The van der Waals surface area contributed by atoms with E-state index in [1.807, 2.05) is 19.1 Å². The third-order valence-electron chi connectivity index (χ3n) is 3.10. The van der Waals surface area contributed by atoms with Gasteiger partial charge < -0.3 is 15.2 Å². The van der Waals surface area contributed by atoms with Crippen LogP contribution < -0.4 is 10.1 Å². The van der Waals surface area contributed by atoms with E-state index in [4.69, 9.17) is 16.3 Å². The second kappa shape index (κ2) is 6.12. The molecule has 0 aromatic heterocycles. The molecular weight excluding hydrogens is 238 g/mol. The largest absolute Gasteiger partial charge is 0.495 e. The molecule has 0 amide bonds. The Morgan fingerprint density at radius 3 is 2.71 bits per heavy atom. The van der Waals surface area contributed by atoms with Gasteiger partial charge in [-0.15, -0.1) is 0 Å². The molecule has 1 atom stereocenters. The van der Waals surface area contributed by atoms with Crippen molar-refractivity contribution in [1.82, 2.24) is 0 Å². The van der Waals surface area contributed by atoms with E-state index in [0.29, 0.717) is 11.6 Å². The molecule has 1 aromatic rings. The molecule has 0 spiro atoms. The number of aliphatic hydroxyl groups excluding tert-OH is 1. The monoisotopic (exact) mass is 257 g/mol. The van der Waals surface area contributed by atoms with E-state index in [1.54, 1.807) is 13.2 Å². The number of aliphatic hydroxyl groups is 1. The van der Waals surface area contributed by atoms with Gasteiger partial charge in [-0.25, -0.2) is 0 Å². The Hall–Kier alpha value is -0.930. The molecule has 0 saturated carbocycles. The van der Waals surface area contributed by atoms with Crippen molar-refractivity contribution >= 4 is 17.3 Å². The maximum absolute atomic E-state index is 9.35. The smallest absolute Gasteiger partial charge is 0.142 e. The lowest BCUT2D eigenvalue weighted by atomic mass is 9.88. The molecule has 4 heteroatoms. The Balaban J connectivity index is 2.77. The first-order valence-corrected chi connectivity index (χ1v) is 6.10. The standard InChI is InChI=1S/C13H20ClNO2/c1-4-13(2,9-16)8-15-11-7-10(14)5-6-12(11)17-3/h5-7,15-16H,4,8-9H2,1-3H3. The molecule has 0 bridgehead atoms. The number of methoxy groups -OCH3 is 1. The van der Waals surface area contributed by atoms with Crippen LogP contribution in [0.2, 0.25) is 5.02 Å². The van der Waals surface area contributed by atoms with Gasteiger partial charge in [-0.2, -0.15) is 0 Å². The van der Waals surface area contributed by atoms with Crippen molar-refractivity contribution < 1.29 is 9.84 Å². The number of nitrogens with one attached hydrogen (secondary N) is 1. The van der Waals surface area contributed by atoms with Crippen LogP contribution in [0.1, 0.15) is 20.3 Å². The first kappa shape index (κ1) is 14.1. The van der Waals surface area contributed by atoms with Gasteiger partial charge in [0.05, 0.1) is 19.4 Å². The van der Waals surface area contributed by atoms with Crippen molar-refractivity contribution in [2.24, 2.45) is 5.41 Å². The van der Waals surface area contributed by atoms with Crippen LogP contribution in [0, 0.1) is 5.41 Å². The third-order valence-corrected chi connectivity index (χ3v) is 3.34. The van der Waals surface area contributed by atoms with E-state index < -0.39 is 0 Å². The lowest BCUT2D eigenvalue weighted by Gasteiger charge is -2.26. The van der Waals surface area contributed by atoms with Gasteiger partial charge >= 0.3 is 0 Å². The average molecular weight is 258 g/mol. The van der Waals surface area contributed by atoms with Crippen molar-refractivity contribution in [3.63, 3.8) is 0 Å². The topological polar surface area (TPSA) is 41.5 Å². The summed E-state index contributed by atoms with van der Waals surface area (Å²) in [6.07, 6.45) is 0.902. The van der Waals surface area contributed by atoms with E-state index in [-0.39, 0.29) is 12.0 Å². The van der Waals surface area contributed by atoms with Crippen molar-refractivity contribution in [2.75, 3.05) is 25.6 Å². The fourth-order valence-electron chi connectivity index (χ4n) is 1.42. The van der Waals surface area contributed by atoms with Crippen LogP contribution in [0.3, 0.4) is 0 Å². The molecule has 0 aliphatic rings. The molecule has 0 radical (unpaired) electrons. The normalized spacial score (nSPS) is 14.2. The Labute approximate surface area is 108 Å². The average Bonchev–Trinajstić information content (AvgIpc) is 2.36. The van der Waals surface area contributed by atoms with Crippen molar-refractivity contribution in [1.29, 1.82) is 0 Å². The quantitative estimate of drug-likeness (QED) is 0.823. The number of rotatable bonds is 6. The van der Waals surface area contributed by atoms with Gasteiger partial charge in [0.1, 0.15) is 5.75 Å². The summed E-state index contributed by atoms with van der Waals surface area (Å²) in [5.41, 5.74) is 0.723. The highest BCUT2D eigenvalue weighted by molar-refractivity contribution is 6.30. The molecule has 0 aliphatic heterocycles. The summed E-state index contributed by atoms with van der Waals surface area (Å²) in [6, 6.07) is 5.44. The lowest BCUT2D eigenvalue weighted by molar-refractivity contribution is 0.149. The fourth-order valence-corrected chi connectivity index (χ4v) is 1.59. The molecule has 0 aliphatic carbocycles. The van der Waals surface area contributed by atoms with Crippen LogP contribution in [0.15, 0.2) is 18.2 Å². The van der Waals surface area contributed by atoms with Gasteiger partial charge in [-0.05, 0) is 24.6 Å². The third kappa shape index (κ3) is 3.79. The molecule has 1 rings (SSSR count). The molecule has 0 saturated heterocycles. The maximum atomic E-state index is 9.35. The maximum Gasteiger partial charge on any atom is 0.142 e. The van der Waals surface area contributed by atoms with Crippen LogP contribution in [0.4, 0.5) is 5.69 Å². The van der Waals surface area contributed by atoms with Crippen LogP contribution in [-0.4, -0.2) is 25.4 Å². The number of ether oxygens (including phenoxy) is 1. The van der Waals surface area contributed by atoms with Gasteiger partial charge in [0.15, 0.2) is 0 Å². The molecule has 17 heavy (non-hydrogen) atoms. The van der Waals surface area contributed by atoms with Gasteiger partial charge in [0.25, 0.3) is 0 Å². The first-order valence-electron chi connectivity index (χ1n) is 5.73. The fraction of sp³-hybridized carbons (Fsp3) is 0.538. The summed E-state index contributed by atoms with van der Waals surface area (Å²) in [7, 11) is 1.62. The Bertz CT molecular complexity index is 364. The molecule has 1 unspecified atom stereocenters. The number of benzene rings is 1. The summed E-state index contributed by atoms with van der Waals surface area (Å²) < 4.78 is 5.25. The highest BCUT2D eigenvalue weighted by Gasteiger charge is 2.21. The van der Waals surface area contributed by atoms with Crippen LogP contribution >= 0.6 is 11.6 Å². The van der Waals surface area contributed by atoms with E-state index in [1.165, 1.54) is 0 Å². The summed E-state index contributed by atoms with van der Waals surface area (Å²) >= 11 is 5.95. The zero-order valence-corrected chi connectivity index (χ0v) is 11.3. The number of hydrogen-bond donors (Lipinski definition) is 2. The van der Waals surface area contributed by atoms with Gasteiger partial charge in [0, 0.05) is 17.0 Å². The van der Waals surface area contributed by atoms with Crippen molar-refractivity contribution in [3.8, 4) is 5.75 Å². The zero-order chi connectivity index (χ0) is 12.9. The van der Waals surface area contributed by atoms with Gasteiger partial charge in [-0.1, -0.05) is 25.4 Å². The second-order valence-corrected chi connectivity index (χ2v) is 4.96. The summed E-state index contributed by atoms with van der Waals surface area (Å²) in [5, 5.41) is 13.3. The summed E-state index contributed by atoms with van der Waals surface area (Å²) in [4.78, 5) is 0. The van der Waals surface area contributed by atoms with Crippen LogP contribution in [0.25, 0.3) is 0 Å². The zero-order valence-electron chi connectivity index (χ0n) is 10.6. The minimum Gasteiger partial charge on any atom is -0.495 e. The second-order valence-electron chi connectivity index (χ2n) is 4.52. The predicted octanol–water partition coefficient (Wildman–Crippen LogP) is 3.17. The van der Waals surface area contributed by atoms with E-state index in [2.05, 4.69) is 12.2 Å². The highest BCUT2D eigenvalue weighted by atomic mass is 35.5. The summed E-state index contributed by atoms with van der Waals surface area (Å²) in [6.45, 7) is 4.93. The predicted molar refractivity (Wildman–Crippen MR) is 72.0 cm³/mol. The van der Waals surface area contributed by atoms with Crippen molar-refractivity contribution in [2.45, 2.75) is 20.3 Å². The Morgan fingerprint density at radius 2 is 2.18 bits per heavy atom. The van der Waals surface area contributed by atoms with Gasteiger partial charge in [0.2, 0.25) is 0 Å². The highest BCUT2D eigenvalue weighted by Crippen LogP contribution is 2.29. The Kier molecular flexibility index (Phi) is 5.09. The SMILES string of the molecule is CCC(C)(CO)CNc1cc(Cl)ccc1OC. The van der Waals surface area contributed by atoms with Crippen LogP contribution in [-0.2, 0) is 0 Å². The molecule has 3 nitrogen and oxygen atoms in total. The lowest BCUT2D eigenvalue weighted by Crippen LogP contribution is -2.29. The minimum atomic E-state index is -0.132. The van der Waals surface area contributed by atoms with Crippen LogP contribution in [0.5, 0.6) is 5.75 Å². The molecule has 1 aromatic carbocycles. The number of halogens is 1. The molecule has 0 heterocycles. The van der Waals surface area contributed by atoms with Crippen molar-refractivity contribution in [3.05, 3.63) is 23.2 Å². The molecule has 0 fully saturated rings. The van der Waals surface area contributed by atoms with E-state index in [0.717, 1.165) is 17.9 Å². The molecule has 96 valence electrons. The molecule has 2 N–H and O–H groups in total. The Morgan fingerprint density at radius 1 is 1.47 bits per heavy atom. The summed E-state index contributed by atoms with van der Waals surface area (Å²) in [5.74, 6) is 0.755. The number of anilines is 1. The van der Waals surface area contributed by atoms with E-state index >= 15 is 0 Å². The first-order chi connectivity index (χ1) is 8.04. The minimum absolute atomic E-state index is 0.132.